The number of hydrogen-bond acceptors (Lipinski definition) is 3. The molecule has 0 aromatic heterocycles. The van der Waals surface area contributed by atoms with Crippen molar-refractivity contribution < 1.29 is 14.0 Å². The second-order valence-electron chi connectivity index (χ2n) is 7.19. The molecular formula is C22H26FN3O2. The van der Waals surface area contributed by atoms with Crippen LogP contribution in [0.15, 0.2) is 42.5 Å². The molecule has 0 spiro atoms. The van der Waals surface area contributed by atoms with Gasteiger partial charge in [0.25, 0.3) is 11.8 Å². The van der Waals surface area contributed by atoms with Gasteiger partial charge in [0, 0.05) is 6.54 Å². The van der Waals surface area contributed by atoms with Gasteiger partial charge in [-0.25, -0.2) is 4.39 Å². The minimum absolute atomic E-state index is 0.0538. The van der Waals surface area contributed by atoms with Crippen LogP contribution in [-0.2, 0) is 0 Å². The lowest BCUT2D eigenvalue weighted by Gasteiger charge is -2.22. The molecule has 2 aromatic carbocycles. The fraction of sp³-hybridized carbons (Fsp3) is 0.364. The Hall–Kier alpha value is -2.73. The van der Waals surface area contributed by atoms with Crippen LogP contribution >= 0.6 is 0 Å². The summed E-state index contributed by atoms with van der Waals surface area (Å²) in [6, 6.07) is 11.0. The Bertz CT molecular complexity index is 847. The maximum atomic E-state index is 13.9. The highest BCUT2D eigenvalue weighted by Crippen LogP contribution is 2.22. The van der Waals surface area contributed by atoms with Crippen molar-refractivity contribution in [1.29, 1.82) is 0 Å². The normalized spacial score (nSPS) is 16.4. The van der Waals surface area contributed by atoms with E-state index in [1.165, 1.54) is 31.0 Å². The van der Waals surface area contributed by atoms with Crippen molar-refractivity contribution in [1.82, 2.24) is 10.6 Å². The van der Waals surface area contributed by atoms with Crippen LogP contribution in [0.3, 0.4) is 0 Å². The molecule has 1 atom stereocenters. The fourth-order valence-electron chi connectivity index (χ4n) is 3.50. The van der Waals surface area contributed by atoms with E-state index in [9.17, 15) is 14.0 Å². The topological polar surface area (TPSA) is 70.2 Å². The average Bonchev–Trinajstić information content (AvgIpc) is 2.70. The van der Waals surface area contributed by atoms with Gasteiger partial charge in [0.15, 0.2) is 0 Å². The number of amides is 2. The van der Waals surface area contributed by atoms with Gasteiger partial charge in [0.2, 0.25) is 0 Å². The van der Waals surface area contributed by atoms with Crippen LogP contribution in [0.1, 0.15) is 45.5 Å². The van der Waals surface area contributed by atoms with E-state index in [0.717, 1.165) is 25.1 Å². The van der Waals surface area contributed by atoms with Crippen molar-refractivity contribution in [2.24, 2.45) is 5.92 Å². The van der Waals surface area contributed by atoms with Gasteiger partial charge in [-0.2, -0.15) is 0 Å². The van der Waals surface area contributed by atoms with Gasteiger partial charge in [-0.3, -0.25) is 9.59 Å². The van der Waals surface area contributed by atoms with Crippen LogP contribution in [0, 0.1) is 18.7 Å². The number of hydrogen-bond donors (Lipinski definition) is 3. The molecule has 6 heteroatoms. The molecule has 1 unspecified atom stereocenters. The van der Waals surface area contributed by atoms with Gasteiger partial charge in [0.05, 0.1) is 16.8 Å². The molecule has 3 rings (SSSR count). The molecule has 148 valence electrons. The number of halogens is 1. The largest absolute Gasteiger partial charge is 0.352 e. The van der Waals surface area contributed by atoms with Crippen molar-refractivity contribution in [3.05, 3.63) is 65.0 Å². The first-order valence-electron chi connectivity index (χ1n) is 9.70. The summed E-state index contributed by atoms with van der Waals surface area (Å²) in [4.78, 5) is 25.2. The lowest BCUT2D eigenvalue weighted by molar-refractivity contribution is 0.0951. The number of carbonyl (C=O) groups is 2. The van der Waals surface area contributed by atoms with E-state index in [1.54, 1.807) is 31.2 Å². The summed E-state index contributed by atoms with van der Waals surface area (Å²) >= 11 is 0. The molecule has 2 amide bonds. The van der Waals surface area contributed by atoms with Crippen LogP contribution < -0.4 is 16.0 Å². The van der Waals surface area contributed by atoms with Gasteiger partial charge < -0.3 is 16.0 Å². The van der Waals surface area contributed by atoms with E-state index < -0.39 is 11.7 Å². The van der Waals surface area contributed by atoms with E-state index in [4.69, 9.17) is 0 Å². The first kappa shape index (κ1) is 20.0. The third-order valence-corrected chi connectivity index (χ3v) is 5.11. The number of benzene rings is 2. The Morgan fingerprint density at radius 2 is 1.89 bits per heavy atom. The Balaban J connectivity index is 1.68. The van der Waals surface area contributed by atoms with E-state index in [-0.39, 0.29) is 11.5 Å². The van der Waals surface area contributed by atoms with Crippen LogP contribution in [0.5, 0.6) is 0 Å². The molecule has 1 aliphatic rings. The minimum Gasteiger partial charge on any atom is -0.352 e. The lowest BCUT2D eigenvalue weighted by Crippen LogP contribution is -2.33. The average molecular weight is 383 g/mol. The van der Waals surface area contributed by atoms with Crippen LogP contribution in [0.25, 0.3) is 0 Å². The minimum atomic E-state index is -0.597. The number of para-hydroxylation sites is 1. The lowest BCUT2D eigenvalue weighted by atomic mass is 9.96. The van der Waals surface area contributed by atoms with Gasteiger partial charge in [-0.1, -0.05) is 24.3 Å². The standard InChI is InChI=1S/C22H26FN3O2/c1-15-6-4-9-18(21(27)25-13-11-16-7-5-12-24-14-16)20(15)26-22(28)17-8-2-3-10-19(17)23/h2-4,6,8-10,16,24H,5,7,11-14H2,1H3,(H,25,27)(H,26,28). The molecule has 0 radical (unpaired) electrons. The van der Waals surface area contributed by atoms with Crippen LogP contribution in [0.4, 0.5) is 10.1 Å². The van der Waals surface area contributed by atoms with Crippen LogP contribution in [0.2, 0.25) is 0 Å². The Morgan fingerprint density at radius 3 is 2.64 bits per heavy atom. The summed E-state index contributed by atoms with van der Waals surface area (Å²) in [5, 5.41) is 9.03. The Morgan fingerprint density at radius 1 is 1.11 bits per heavy atom. The number of nitrogens with one attached hydrogen (secondary N) is 3. The van der Waals surface area contributed by atoms with Gasteiger partial charge >= 0.3 is 0 Å². The van der Waals surface area contributed by atoms with Crippen molar-refractivity contribution >= 4 is 17.5 Å². The van der Waals surface area contributed by atoms with Gasteiger partial charge in [-0.05, 0) is 69.0 Å². The van der Waals surface area contributed by atoms with Crippen molar-refractivity contribution in [3.63, 3.8) is 0 Å². The molecule has 2 aromatic rings. The van der Waals surface area contributed by atoms with Gasteiger partial charge in [0.1, 0.15) is 5.82 Å². The van der Waals surface area contributed by atoms with E-state index in [0.29, 0.717) is 23.7 Å². The SMILES string of the molecule is Cc1cccc(C(=O)NCCC2CCCNC2)c1NC(=O)c1ccccc1F. The summed E-state index contributed by atoms with van der Waals surface area (Å²) in [6.45, 7) is 4.45. The molecule has 0 saturated carbocycles. The second-order valence-corrected chi connectivity index (χ2v) is 7.19. The highest BCUT2D eigenvalue weighted by Gasteiger charge is 2.18. The Kier molecular flexibility index (Phi) is 6.76. The number of carbonyl (C=O) groups excluding carboxylic acids is 2. The van der Waals surface area contributed by atoms with Gasteiger partial charge in [-0.15, -0.1) is 0 Å². The molecule has 3 N–H and O–H groups in total. The maximum absolute atomic E-state index is 13.9. The van der Waals surface area contributed by atoms with E-state index >= 15 is 0 Å². The number of aryl methyl sites for hydroxylation is 1. The third-order valence-electron chi connectivity index (χ3n) is 5.11. The Labute approximate surface area is 164 Å². The number of piperidine rings is 1. The quantitative estimate of drug-likeness (QED) is 0.715. The zero-order chi connectivity index (χ0) is 19.9. The molecule has 1 fully saturated rings. The zero-order valence-corrected chi connectivity index (χ0v) is 16.1. The first-order valence-corrected chi connectivity index (χ1v) is 9.70. The zero-order valence-electron chi connectivity index (χ0n) is 16.1. The summed E-state index contributed by atoms with van der Waals surface area (Å²) in [5.41, 5.74) is 1.48. The van der Waals surface area contributed by atoms with Crippen molar-refractivity contribution in [3.8, 4) is 0 Å². The van der Waals surface area contributed by atoms with E-state index in [2.05, 4.69) is 16.0 Å². The summed E-state index contributed by atoms with van der Waals surface area (Å²) in [7, 11) is 0. The summed E-state index contributed by atoms with van der Waals surface area (Å²) in [6.07, 6.45) is 3.27. The predicted octanol–water partition coefficient (Wildman–Crippen LogP) is 3.51. The van der Waals surface area contributed by atoms with Crippen molar-refractivity contribution in [2.45, 2.75) is 26.2 Å². The molecule has 0 aliphatic carbocycles. The smallest absolute Gasteiger partial charge is 0.258 e. The molecule has 1 aliphatic heterocycles. The predicted molar refractivity (Wildman–Crippen MR) is 108 cm³/mol. The van der Waals surface area contributed by atoms with Crippen molar-refractivity contribution in [2.75, 3.05) is 25.0 Å². The number of rotatable bonds is 6. The molecule has 1 saturated heterocycles. The molecule has 1 heterocycles. The molecular weight excluding hydrogens is 357 g/mol. The van der Waals surface area contributed by atoms with Crippen LogP contribution in [-0.4, -0.2) is 31.4 Å². The summed E-state index contributed by atoms with van der Waals surface area (Å²) < 4.78 is 13.9. The summed E-state index contributed by atoms with van der Waals surface area (Å²) in [5.74, 6) is -0.835. The fourth-order valence-corrected chi connectivity index (χ4v) is 3.50. The maximum Gasteiger partial charge on any atom is 0.258 e. The highest BCUT2D eigenvalue weighted by molar-refractivity contribution is 6.09. The monoisotopic (exact) mass is 383 g/mol. The first-order chi connectivity index (χ1) is 13.6. The molecule has 28 heavy (non-hydrogen) atoms. The van der Waals surface area contributed by atoms with E-state index in [1.807, 2.05) is 0 Å². The second kappa shape index (κ2) is 9.46. The molecule has 5 nitrogen and oxygen atoms in total. The molecule has 0 bridgehead atoms. The highest BCUT2D eigenvalue weighted by atomic mass is 19.1. The number of anilines is 1. The third kappa shape index (κ3) is 4.95.